The number of pyridine rings is 1. The van der Waals surface area contributed by atoms with Gasteiger partial charge in [0.05, 0.1) is 25.7 Å². The van der Waals surface area contributed by atoms with Crippen LogP contribution in [0.4, 0.5) is 0 Å². The number of aliphatic hydroxyl groups excluding tert-OH is 1. The van der Waals surface area contributed by atoms with Crippen molar-refractivity contribution in [1.29, 1.82) is 0 Å². The number of hydrogen-bond donors (Lipinski definition) is 1. The van der Waals surface area contributed by atoms with E-state index in [4.69, 9.17) is 4.74 Å². The van der Waals surface area contributed by atoms with E-state index in [0.717, 1.165) is 12.0 Å². The molecular formula is C14H22N2O3. The van der Waals surface area contributed by atoms with Crippen molar-refractivity contribution in [3.05, 3.63) is 30.1 Å². The Morgan fingerprint density at radius 1 is 1.58 bits per heavy atom. The van der Waals surface area contributed by atoms with Crippen molar-refractivity contribution in [2.75, 3.05) is 20.3 Å². The quantitative estimate of drug-likeness (QED) is 0.768. The summed E-state index contributed by atoms with van der Waals surface area (Å²) in [4.78, 5) is 17.9. The summed E-state index contributed by atoms with van der Waals surface area (Å²) in [6.07, 6.45) is 4.48. The number of carbonyl (C=O) groups is 1. The second-order valence-corrected chi connectivity index (χ2v) is 4.37. The Bertz CT molecular complexity index is 366. The minimum atomic E-state index is -0.162. The molecule has 0 spiro atoms. The normalized spacial score (nSPS) is 12.2. The molecule has 0 aromatic carbocycles. The zero-order chi connectivity index (χ0) is 14.1. The SMILES string of the molecule is CCC(CO)N(Cc1cccnc1)C(=O)CCOC. The third-order valence-corrected chi connectivity index (χ3v) is 3.04. The smallest absolute Gasteiger partial charge is 0.225 e. The first kappa shape index (κ1) is 15.6. The fourth-order valence-corrected chi connectivity index (χ4v) is 1.89. The van der Waals surface area contributed by atoms with Crippen molar-refractivity contribution >= 4 is 5.91 Å². The zero-order valence-electron chi connectivity index (χ0n) is 11.6. The molecule has 0 aliphatic carbocycles. The maximum Gasteiger partial charge on any atom is 0.225 e. The third-order valence-electron chi connectivity index (χ3n) is 3.04. The van der Waals surface area contributed by atoms with E-state index in [-0.39, 0.29) is 18.6 Å². The van der Waals surface area contributed by atoms with Gasteiger partial charge in [-0.25, -0.2) is 0 Å². The van der Waals surface area contributed by atoms with Gasteiger partial charge in [0, 0.05) is 26.0 Å². The van der Waals surface area contributed by atoms with Gasteiger partial charge in [0.15, 0.2) is 0 Å². The van der Waals surface area contributed by atoms with Crippen LogP contribution in [-0.4, -0.2) is 47.3 Å². The lowest BCUT2D eigenvalue weighted by molar-refractivity contribution is -0.136. The topological polar surface area (TPSA) is 62.7 Å². The van der Waals surface area contributed by atoms with Gasteiger partial charge in [-0.15, -0.1) is 0 Å². The molecule has 0 aliphatic heterocycles. The number of methoxy groups -OCH3 is 1. The first-order valence-electron chi connectivity index (χ1n) is 6.51. The van der Waals surface area contributed by atoms with Crippen LogP contribution in [0.15, 0.2) is 24.5 Å². The molecule has 1 N–H and O–H groups in total. The number of ether oxygens (including phenoxy) is 1. The molecule has 0 fully saturated rings. The molecule has 0 bridgehead atoms. The van der Waals surface area contributed by atoms with Gasteiger partial charge in [-0.1, -0.05) is 13.0 Å². The first-order valence-corrected chi connectivity index (χ1v) is 6.51. The number of carbonyl (C=O) groups excluding carboxylic acids is 1. The predicted octanol–water partition coefficient (Wildman–Crippen LogP) is 1.22. The molecule has 19 heavy (non-hydrogen) atoms. The van der Waals surface area contributed by atoms with Gasteiger partial charge < -0.3 is 14.7 Å². The van der Waals surface area contributed by atoms with E-state index in [1.54, 1.807) is 24.4 Å². The van der Waals surface area contributed by atoms with Gasteiger partial charge in [-0.05, 0) is 18.1 Å². The summed E-state index contributed by atoms with van der Waals surface area (Å²) in [7, 11) is 1.57. The summed E-state index contributed by atoms with van der Waals surface area (Å²) >= 11 is 0. The Morgan fingerprint density at radius 2 is 2.37 bits per heavy atom. The standard InChI is InChI=1S/C14H22N2O3/c1-3-13(11-17)16(14(18)6-8-19-2)10-12-5-4-7-15-9-12/h4-5,7,9,13,17H,3,6,8,10-11H2,1-2H3. The van der Waals surface area contributed by atoms with E-state index in [2.05, 4.69) is 4.98 Å². The van der Waals surface area contributed by atoms with Crippen LogP contribution in [0.2, 0.25) is 0 Å². The van der Waals surface area contributed by atoms with Gasteiger partial charge >= 0.3 is 0 Å². The molecule has 5 heteroatoms. The highest BCUT2D eigenvalue weighted by atomic mass is 16.5. The molecule has 0 aliphatic rings. The Kier molecular flexibility index (Phi) is 7.07. The van der Waals surface area contributed by atoms with Crippen LogP contribution in [0, 0.1) is 0 Å². The Morgan fingerprint density at radius 3 is 2.89 bits per heavy atom. The molecule has 0 saturated heterocycles. The van der Waals surface area contributed by atoms with Gasteiger partial charge in [0.1, 0.15) is 0 Å². The highest BCUT2D eigenvalue weighted by molar-refractivity contribution is 5.76. The minimum absolute atomic E-state index is 0.00777. The number of rotatable bonds is 8. The number of aromatic nitrogens is 1. The molecule has 106 valence electrons. The molecule has 1 unspecified atom stereocenters. The molecule has 1 aromatic heterocycles. The Labute approximate surface area is 114 Å². The van der Waals surface area contributed by atoms with Crippen LogP contribution in [0.5, 0.6) is 0 Å². The van der Waals surface area contributed by atoms with Crippen LogP contribution in [-0.2, 0) is 16.1 Å². The number of aliphatic hydroxyl groups is 1. The Balaban J connectivity index is 2.76. The van der Waals surface area contributed by atoms with Crippen LogP contribution < -0.4 is 0 Å². The second kappa shape index (κ2) is 8.61. The fourth-order valence-electron chi connectivity index (χ4n) is 1.89. The monoisotopic (exact) mass is 266 g/mol. The van der Waals surface area contributed by atoms with Crippen LogP contribution in [0.25, 0.3) is 0 Å². The van der Waals surface area contributed by atoms with Gasteiger partial charge in [-0.3, -0.25) is 9.78 Å². The van der Waals surface area contributed by atoms with Crippen molar-refractivity contribution < 1.29 is 14.6 Å². The predicted molar refractivity (Wildman–Crippen MR) is 72.4 cm³/mol. The van der Waals surface area contributed by atoms with Crippen molar-refractivity contribution in [1.82, 2.24) is 9.88 Å². The molecule has 1 amide bonds. The van der Waals surface area contributed by atoms with Crippen LogP contribution >= 0.6 is 0 Å². The summed E-state index contributed by atoms with van der Waals surface area (Å²) < 4.78 is 4.94. The zero-order valence-corrected chi connectivity index (χ0v) is 11.6. The summed E-state index contributed by atoms with van der Waals surface area (Å²) in [6, 6.07) is 3.60. The lowest BCUT2D eigenvalue weighted by Gasteiger charge is -2.30. The fraction of sp³-hybridized carbons (Fsp3) is 0.571. The summed E-state index contributed by atoms with van der Waals surface area (Å²) in [5, 5.41) is 9.41. The van der Waals surface area contributed by atoms with Crippen LogP contribution in [0.1, 0.15) is 25.3 Å². The average Bonchev–Trinajstić information content (AvgIpc) is 2.46. The molecule has 1 rings (SSSR count). The lowest BCUT2D eigenvalue weighted by atomic mass is 10.1. The van der Waals surface area contributed by atoms with E-state index in [1.165, 1.54) is 0 Å². The van der Waals surface area contributed by atoms with Gasteiger partial charge in [0.2, 0.25) is 5.91 Å². The molecule has 1 aromatic rings. The Hall–Kier alpha value is -1.46. The van der Waals surface area contributed by atoms with E-state index in [0.29, 0.717) is 19.6 Å². The highest BCUT2D eigenvalue weighted by Crippen LogP contribution is 2.12. The lowest BCUT2D eigenvalue weighted by Crippen LogP contribution is -2.42. The molecule has 0 saturated carbocycles. The maximum atomic E-state index is 12.2. The average molecular weight is 266 g/mol. The molecular weight excluding hydrogens is 244 g/mol. The maximum absolute atomic E-state index is 12.2. The van der Waals surface area contributed by atoms with E-state index >= 15 is 0 Å². The number of amides is 1. The van der Waals surface area contributed by atoms with E-state index in [9.17, 15) is 9.90 Å². The molecule has 5 nitrogen and oxygen atoms in total. The van der Waals surface area contributed by atoms with E-state index < -0.39 is 0 Å². The summed E-state index contributed by atoms with van der Waals surface area (Å²) in [6.45, 7) is 2.79. The highest BCUT2D eigenvalue weighted by Gasteiger charge is 2.21. The molecule has 1 atom stereocenters. The van der Waals surface area contributed by atoms with Gasteiger partial charge in [0.25, 0.3) is 0 Å². The molecule has 0 radical (unpaired) electrons. The van der Waals surface area contributed by atoms with E-state index in [1.807, 2.05) is 19.1 Å². The summed E-state index contributed by atoms with van der Waals surface area (Å²) in [5.41, 5.74) is 0.958. The van der Waals surface area contributed by atoms with Crippen molar-refractivity contribution in [2.45, 2.75) is 32.4 Å². The van der Waals surface area contributed by atoms with Crippen molar-refractivity contribution in [2.24, 2.45) is 0 Å². The minimum Gasteiger partial charge on any atom is -0.394 e. The van der Waals surface area contributed by atoms with Gasteiger partial charge in [-0.2, -0.15) is 0 Å². The largest absolute Gasteiger partial charge is 0.394 e. The summed E-state index contributed by atoms with van der Waals surface area (Å²) in [5.74, 6) is -0.00777. The number of hydrogen-bond acceptors (Lipinski definition) is 4. The van der Waals surface area contributed by atoms with Crippen molar-refractivity contribution in [3.8, 4) is 0 Å². The number of nitrogens with zero attached hydrogens (tertiary/aromatic N) is 2. The first-order chi connectivity index (χ1) is 9.22. The second-order valence-electron chi connectivity index (χ2n) is 4.37. The van der Waals surface area contributed by atoms with Crippen molar-refractivity contribution in [3.63, 3.8) is 0 Å². The third kappa shape index (κ3) is 4.96. The molecule has 1 heterocycles. The van der Waals surface area contributed by atoms with Crippen LogP contribution in [0.3, 0.4) is 0 Å².